The van der Waals surface area contributed by atoms with Gasteiger partial charge in [0.1, 0.15) is 11.5 Å². The molecule has 9 nitrogen and oxygen atoms in total. The first-order valence-corrected chi connectivity index (χ1v) is 12.0. The van der Waals surface area contributed by atoms with Gasteiger partial charge in [-0.05, 0) is 37.3 Å². The Morgan fingerprint density at radius 3 is 2.68 bits per heavy atom. The van der Waals surface area contributed by atoms with Crippen LogP contribution in [0.4, 0.5) is 15.3 Å². The number of fused-ring (bicyclic) bond motifs is 1. The van der Waals surface area contributed by atoms with E-state index in [0.717, 1.165) is 35.3 Å². The third-order valence-corrected chi connectivity index (χ3v) is 8.23. The predicted octanol–water partition coefficient (Wildman–Crippen LogP) is 3.51. The van der Waals surface area contributed by atoms with Gasteiger partial charge < -0.3 is 14.2 Å². The van der Waals surface area contributed by atoms with Gasteiger partial charge in [0.05, 0.1) is 12.8 Å². The first-order valence-electron chi connectivity index (χ1n) is 9.70. The maximum atomic E-state index is 13.1. The summed E-state index contributed by atoms with van der Waals surface area (Å²) in [5.41, 5.74) is 2.84. The van der Waals surface area contributed by atoms with Crippen LogP contribution < -0.4 is 9.64 Å². The highest BCUT2D eigenvalue weighted by atomic mass is 32.2. The van der Waals surface area contributed by atoms with Gasteiger partial charge in [-0.3, -0.25) is 4.90 Å². The molecule has 0 N–H and O–H groups in total. The van der Waals surface area contributed by atoms with Crippen molar-refractivity contribution in [1.29, 1.82) is 0 Å². The number of methoxy groups -OCH3 is 1. The molecule has 2 aliphatic heterocycles. The second-order valence-electron chi connectivity index (χ2n) is 7.32. The fraction of sp³-hybridized carbons (Fsp3) is 0.400. The summed E-state index contributed by atoms with van der Waals surface area (Å²) < 4.78 is 42.3. The molecular formula is C20H22N2O7S2. The Morgan fingerprint density at radius 2 is 1.97 bits per heavy atom. The fourth-order valence-corrected chi connectivity index (χ4v) is 6.50. The molecule has 11 heteroatoms. The molecule has 0 atom stereocenters. The number of amides is 1. The zero-order chi connectivity index (χ0) is 22.2. The second kappa shape index (κ2) is 8.48. The molecule has 1 fully saturated rings. The average Bonchev–Trinajstić information content (AvgIpc) is 3.23. The van der Waals surface area contributed by atoms with Gasteiger partial charge in [-0.25, -0.2) is 18.0 Å². The minimum Gasteiger partial charge on any atom is -0.444 e. The number of ether oxygens (including phenoxy) is 3. The molecule has 1 saturated heterocycles. The standard InChI is InChI=1S/C20H22N2O7S2/c1-13-3-4-16-14(11-13)12-28-19(23)22(16)15-5-8-21(9-6-15)31(25,26)17-7-10-30-18(17)29-20(24)27-2/h3-4,7,10-11,15H,5-6,8-9,12H2,1-2H3. The van der Waals surface area contributed by atoms with Gasteiger partial charge in [-0.1, -0.05) is 17.7 Å². The molecule has 166 valence electrons. The van der Waals surface area contributed by atoms with E-state index in [1.165, 1.54) is 10.4 Å². The molecule has 1 aromatic heterocycles. The summed E-state index contributed by atoms with van der Waals surface area (Å²) >= 11 is 1.00. The van der Waals surface area contributed by atoms with E-state index in [1.807, 2.05) is 25.1 Å². The first-order chi connectivity index (χ1) is 14.8. The van der Waals surface area contributed by atoms with E-state index in [2.05, 4.69) is 4.74 Å². The number of rotatable bonds is 4. The maximum absolute atomic E-state index is 13.1. The number of aryl methyl sites for hydroxylation is 1. The van der Waals surface area contributed by atoms with Crippen LogP contribution >= 0.6 is 11.3 Å². The van der Waals surface area contributed by atoms with Gasteiger partial charge in [0.15, 0.2) is 0 Å². The van der Waals surface area contributed by atoms with Crippen molar-refractivity contribution in [2.24, 2.45) is 0 Å². The number of thiophene rings is 1. The Morgan fingerprint density at radius 1 is 1.23 bits per heavy atom. The van der Waals surface area contributed by atoms with Crippen molar-refractivity contribution in [3.8, 4) is 5.06 Å². The van der Waals surface area contributed by atoms with E-state index < -0.39 is 22.3 Å². The van der Waals surface area contributed by atoms with Gasteiger partial charge in [-0.15, -0.1) is 11.3 Å². The van der Waals surface area contributed by atoms with Crippen molar-refractivity contribution in [2.75, 3.05) is 25.1 Å². The number of hydrogen-bond donors (Lipinski definition) is 0. The third kappa shape index (κ3) is 4.12. The number of carbonyl (C=O) groups excluding carboxylic acids is 2. The maximum Gasteiger partial charge on any atom is 0.514 e. The number of cyclic esters (lactones) is 1. The summed E-state index contributed by atoms with van der Waals surface area (Å²) in [5, 5.41) is 1.51. The van der Waals surface area contributed by atoms with Gasteiger partial charge >= 0.3 is 12.2 Å². The Kier molecular flexibility index (Phi) is 5.91. The number of sulfonamides is 1. The number of hydrogen-bond acceptors (Lipinski definition) is 8. The lowest BCUT2D eigenvalue weighted by Crippen LogP contribution is -2.50. The van der Waals surface area contributed by atoms with Crippen molar-refractivity contribution in [3.63, 3.8) is 0 Å². The smallest absolute Gasteiger partial charge is 0.444 e. The topological polar surface area (TPSA) is 102 Å². The minimum absolute atomic E-state index is 0.0297. The fourth-order valence-electron chi connectivity index (χ4n) is 3.86. The van der Waals surface area contributed by atoms with Crippen LogP contribution in [0, 0.1) is 6.92 Å². The molecule has 2 aromatic rings. The Labute approximate surface area is 184 Å². The number of piperidine rings is 1. The lowest BCUT2D eigenvalue weighted by Gasteiger charge is -2.39. The molecule has 0 spiro atoms. The van der Waals surface area contributed by atoms with E-state index in [-0.39, 0.29) is 35.7 Å². The largest absolute Gasteiger partial charge is 0.514 e. The summed E-state index contributed by atoms with van der Waals surface area (Å²) in [7, 11) is -2.71. The van der Waals surface area contributed by atoms with Crippen LogP contribution in [0.25, 0.3) is 0 Å². The molecule has 4 rings (SSSR count). The molecule has 2 aliphatic rings. The average molecular weight is 467 g/mol. The van der Waals surface area contributed by atoms with Gasteiger partial charge in [-0.2, -0.15) is 4.31 Å². The SMILES string of the molecule is COC(=O)Oc1sccc1S(=O)(=O)N1CCC(N2C(=O)OCc3cc(C)ccc32)CC1. The summed E-state index contributed by atoms with van der Waals surface area (Å²) in [6.07, 6.45) is -0.475. The molecule has 1 amide bonds. The molecule has 0 aliphatic carbocycles. The van der Waals surface area contributed by atoms with E-state index in [9.17, 15) is 18.0 Å². The minimum atomic E-state index is -3.86. The van der Waals surface area contributed by atoms with Gasteiger partial charge in [0.2, 0.25) is 15.1 Å². The summed E-state index contributed by atoms with van der Waals surface area (Å²) in [6, 6.07) is 7.09. The van der Waals surface area contributed by atoms with Crippen molar-refractivity contribution >= 4 is 39.3 Å². The molecule has 3 heterocycles. The summed E-state index contributed by atoms with van der Waals surface area (Å²) in [5.74, 6) is 0. The second-order valence-corrected chi connectivity index (χ2v) is 10.1. The molecule has 0 radical (unpaired) electrons. The highest BCUT2D eigenvalue weighted by Gasteiger charge is 2.38. The highest BCUT2D eigenvalue weighted by Crippen LogP contribution is 2.36. The highest BCUT2D eigenvalue weighted by molar-refractivity contribution is 7.89. The monoisotopic (exact) mass is 466 g/mol. The van der Waals surface area contributed by atoms with E-state index in [0.29, 0.717) is 12.8 Å². The number of carbonyl (C=O) groups is 2. The molecule has 31 heavy (non-hydrogen) atoms. The summed E-state index contributed by atoms with van der Waals surface area (Å²) in [4.78, 5) is 25.5. The molecule has 0 bridgehead atoms. The lowest BCUT2D eigenvalue weighted by molar-refractivity contribution is 0.122. The quantitative estimate of drug-likeness (QED) is 0.635. The van der Waals surface area contributed by atoms with Crippen molar-refractivity contribution in [3.05, 3.63) is 40.8 Å². The molecule has 0 saturated carbocycles. The van der Waals surface area contributed by atoms with Crippen LogP contribution in [0.15, 0.2) is 34.5 Å². The normalized spacial score (nSPS) is 17.7. The number of anilines is 1. The lowest BCUT2D eigenvalue weighted by atomic mass is 10.0. The Balaban J connectivity index is 1.50. The van der Waals surface area contributed by atoms with E-state index >= 15 is 0 Å². The van der Waals surface area contributed by atoms with Crippen LogP contribution in [0.5, 0.6) is 5.06 Å². The predicted molar refractivity (Wildman–Crippen MR) is 113 cm³/mol. The Bertz CT molecular complexity index is 1100. The van der Waals surface area contributed by atoms with Crippen molar-refractivity contribution in [2.45, 2.75) is 37.3 Å². The molecule has 1 aromatic carbocycles. The van der Waals surface area contributed by atoms with Crippen LogP contribution in [0.2, 0.25) is 0 Å². The number of benzene rings is 1. The van der Waals surface area contributed by atoms with Gasteiger partial charge in [0.25, 0.3) is 0 Å². The zero-order valence-electron chi connectivity index (χ0n) is 17.1. The van der Waals surface area contributed by atoms with E-state index in [4.69, 9.17) is 9.47 Å². The zero-order valence-corrected chi connectivity index (χ0v) is 18.7. The number of nitrogens with zero attached hydrogens (tertiary/aromatic N) is 2. The first kappa shape index (κ1) is 21.6. The van der Waals surface area contributed by atoms with Crippen molar-refractivity contribution in [1.82, 2.24) is 4.31 Å². The van der Waals surface area contributed by atoms with Crippen LogP contribution in [-0.4, -0.2) is 51.2 Å². The van der Waals surface area contributed by atoms with Gasteiger partial charge in [0, 0.05) is 24.7 Å². The Hall–Kier alpha value is -2.63. The van der Waals surface area contributed by atoms with Crippen LogP contribution in [0.3, 0.4) is 0 Å². The summed E-state index contributed by atoms with van der Waals surface area (Å²) in [6.45, 7) is 2.67. The van der Waals surface area contributed by atoms with Crippen LogP contribution in [-0.2, 0) is 26.1 Å². The molecule has 0 unspecified atom stereocenters. The van der Waals surface area contributed by atoms with Crippen molar-refractivity contribution < 1.29 is 32.2 Å². The van der Waals surface area contributed by atoms with Crippen LogP contribution in [0.1, 0.15) is 24.0 Å². The molecular weight excluding hydrogens is 444 g/mol. The third-order valence-electron chi connectivity index (χ3n) is 5.39. The van der Waals surface area contributed by atoms with E-state index in [1.54, 1.807) is 10.3 Å².